The van der Waals surface area contributed by atoms with E-state index in [0.717, 1.165) is 28.1 Å². The fraction of sp³-hybridized carbons (Fsp3) is 0.100. The lowest BCUT2D eigenvalue weighted by molar-refractivity contribution is -0.115. The second-order valence-electron chi connectivity index (χ2n) is 5.72. The zero-order valence-electron chi connectivity index (χ0n) is 13.6. The Bertz CT molecular complexity index is 908. The number of benzene rings is 2. The number of amides is 1. The molecule has 1 amide bonds. The summed E-state index contributed by atoms with van der Waals surface area (Å²) < 4.78 is 0. The molecule has 3 aromatic rings. The number of aryl methyl sites for hydroxylation is 1. The molecule has 5 heteroatoms. The highest BCUT2D eigenvalue weighted by molar-refractivity contribution is 6.35. The summed E-state index contributed by atoms with van der Waals surface area (Å²) in [6.45, 7) is 1.96. The van der Waals surface area contributed by atoms with E-state index in [-0.39, 0.29) is 12.3 Å². The maximum atomic E-state index is 12.2. The van der Waals surface area contributed by atoms with Gasteiger partial charge in [0.2, 0.25) is 5.91 Å². The van der Waals surface area contributed by atoms with Gasteiger partial charge in [0.25, 0.3) is 0 Å². The average Bonchev–Trinajstić information content (AvgIpc) is 2.58. The van der Waals surface area contributed by atoms with Crippen LogP contribution in [0.15, 0.2) is 60.8 Å². The maximum absolute atomic E-state index is 12.2. The van der Waals surface area contributed by atoms with Gasteiger partial charge in [0, 0.05) is 27.6 Å². The summed E-state index contributed by atoms with van der Waals surface area (Å²) in [6, 6.07) is 16.8. The number of nitrogens with one attached hydrogen (secondary N) is 1. The fourth-order valence-corrected chi connectivity index (χ4v) is 2.99. The van der Waals surface area contributed by atoms with Gasteiger partial charge in [-0.3, -0.25) is 9.78 Å². The van der Waals surface area contributed by atoms with Crippen LogP contribution in [0.3, 0.4) is 0 Å². The number of hydrogen-bond acceptors (Lipinski definition) is 2. The topological polar surface area (TPSA) is 42.0 Å². The lowest BCUT2D eigenvalue weighted by Gasteiger charge is -2.08. The third-order valence-electron chi connectivity index (χ3n) is 3.76. The minimum Gasteiger partial charge on any atom is -0.326 e. The smallest absolute Gasteiger partial charge is 0.228 e. The van der Waals surface area contributed by atoms with Crippen LogP contribution in [-0.4, -0.2) is 10.9 Å². The Hall–Kier alpha value is -2.36. The number of halogens is 2. The van der Waals surface area contributed by atoms with Gasteiger partial charge in [-0.25, -0.2) is 0 Å². The first-order valence-corrected chi connectivity index (χ1v) is 8.54. The summed E-state index contributed by atoms with van der Waals surface area (Å²) in [5, 5.41) is 3.92. The SMILES string of the molecule is Cc1cc(-c2ccc(NC(=O)Cc3ccc(Cl)cc3Cl)cc2)ccn1. The van der Waals surface area contributed by atoms with Crippen molar-refractivity contribution in [3.63, 3.8) is 0 Å². The lowest BCUT2D eigenvalue weighted by atomic mass is 10.1. The molecule has 0 atom stereocenters. The van der Waals surface area contributed by atoms with Crippen molar-refractivity contribution >= 4 is 34.8 Å². The van der Waals surface area contributed by atoms with Crippen LogP contribution in [0.1, 0.15) is 11.3 Å². The van der Waals surface area contributed by atoms with Crippen LogP contribution >= 0.6 is 23.2 Å². The zero-order valence-corrected chi connectivity index (χ0v) is 15.1. The number of aromatic nitrogens is 1. The highest BCUT2D eigenvalue weighted by Crippen LogP contribution is 2.23. The number of hydrogen-bond donors (Lipinski definition) is 1. The van der Waals surface area contributed by atoms with Crippen molar-refractivity contribution in [3.05, 3.63) is 82.1 Å². The maximum Gasteiger partial charge on any atom is 0.228 e. The predicted molar refractivity (Wildman–Crippen MR) is 103 cm³/mol. The molecule has 25 heavy (non-hydrogen) atoms. The van der Waals surface area contributed by atoms with Crippen LogP contribution < -0.4 is 5.32 Å². The van der Waals surface area contributed by atoms with Crippen LogP contribution in [0.2, 0.25) is 10.0 Å². The molecule has 0 saturated carbocycles. The normalized spacial score (nSPS) is 10.5. The standard InChI is InChI=1S/C20H16Cl2N2O/c1-13-10-15(8-9-23-13)14-3-6-18(7-4-14)24-20(25)11-16-2-5-17(21)12-19(16)22/h2-10,12H,11H2,1H3,(H,24,25). The average molecular weight is 371 g/mol. The van der Waals surface area contributed by atoms with Crippen molar-refractivity contribution < 1.29 is 4.79 Å². The van der Waals surface area contributed by atoms with Gasteiger partial charge < -0.3 is 5.32 Å². The van der Waals surface area contributed by atoms with Crippen molar-refractivity contribution in [2.75, 3.05) is 5.32 Å². The minimum absolute atomic E-state index is 0.128. The van der Waals surface area contributed by atoms with Crippen molar-refractivity contribution in [2.45, 2.75) is 13.3 Å². The van der Waals surface area contributed by atoms with Crippen molar-refractivity contribution in [3.8, 4) is 11.1 Å². The second kappa shape index (κ2) is 7.68. The van der Waals surface area contributed by atoms with E-state index in [9.17, 15) is 4.79 Å². The Morgan fingerprint density at radius 3 is 2.44 bits per heavy atom. The third-order valence-corrected chi connectivity index (χ3v) is 4.35. The van der Waals surface area contributed by atoms with Gasteiger partial charge in [-0.1, -0.05) is 41.4 Å². The van der Waals surface area contributed by atoms with Crippen LogP contribution in [0, 0.1) is 6.92 Å². The van der Waals surface area contributed by atoms with Gasteiger partial charge >= 0.3 is 0 Å². The second-order valence-corrected chi connectivity index (χ2v) is 6.57. The summed E-state index contributed by atoms with van der Waals surface area (Å²) >= 11 is 12.0. The first kappa shape index (κ1) is 17.5. The molecule has 0 aliphatic heterocycles. The van der Waals surface area contributed by atoms with Crippen LogP contribution in [0.25, 0.3) is 11.1 Å². The van der Waals surface area contributed by atoms with E-state index in [4.69, 9.17) is 23.2 Å². The Morgan fingerprint density at radius 1 is 1.00 bits per heavy atom. The van der Waals surface area contributed by atoms with Gasteiger partial charge in [0.05, 0.1) is 6.42 Å². The lowest BCUT2D eigenvalue weighted by Crippen LogP contribution is -2.14. The summed E-state index contributed by atoms with van der Waals surface area (Å²) in [6.07, 6.45) is 1.98. The van der Waals surface area contributed by atoms with Gasteiger partial charge in [-0.2, -0.15) is 0 Å². The number of rotatable bonds is 4. The molecule has 0 radical (unpaired) electrons. The molecule has 0 spiro atoms. The Kier molecular flexibility index (Phi) is 5.37. The van der Waals surface area contributed by atoms with Crippen LogP contribution in [0.4, 0.5) is 5.69 Å². The molecule has 126 valence electrons. The largest absolute Gasteiger partial charge is 0.326 e. The minimum atomic E-state index is -0.128. The monoisotopic (exact) mass is 370 g/mol. The number of anilines is 1. The van der Waals surface area contributed by atoms with Crippen LogP contribution in [-0.2, 0) is 11.2 Å². The molecule has 1 aromatic heterocycles. The summed E-state index contributed by atoms with van der Waals surface area (Å²) in [5.41, 5.74) is 4.62. The molecular weight excluding hydrogens is 355 g/mol. The van der Waals surface area contributed by atoms with Gasteiger partial charge in [-0.15, -0.1) is 0 Å². The summed E-state index contributed by atoms with van der Waals surface area (Å²) in [7, 11) is 0. The molecule has 0 aliphatic carbocycles. The molecule has 3 rings (SSSR count). The first-order chi connectivity index (χ1) is 12.0. The molecule has 2 aromatic carbocycles. The number of carbonyl (C=O) groups is 1. The number of nitrogens with zero attached hydrogens (tertiary/aromatic N) is 1. The van der Waals surface area contributed by atoms with Gasteiger partial charge in [0.15, 0.2) is 0 Å². The summed E-state index contributed by atoms with van der Waals surface area (Å²) in [5.74, 6) is -0.128. The molecular formula is C20H16Cl2N2O. The zero-order chi connectivity index (χ0) is 17.8. The van der Waals surface area contributed by atoms with E-state index >= 15 is 0 Å². The van der Waals surface area contributed by atoms with Crippen molar-refractivity contribution in [1.29, 1.82) is 0 Å². The third kappa shape index (κ3) is 4.59. The molecule has 0 saturated heterocycles. The van der Waals surface area contributed by atoms with E-state index in [1.54, 1.807) is 24.4 Å². The van der Waals surface area contributed by atoms with E-state index in [1.807, 2.05) is 43.3 Å². The van der Waals surface area contributed by atoms with E-state index in [2.05, 4.69) is 10.3 Å². The molecule has 1 N–H and O–H groups in total. The molecule has 3 nitrogen and oxygen atoms in total. The quantitative estimate of drug-likeness (QED) is 0.654. The Morgan fingerprint density at radius 2 is 1.76 bits per heavy atom. The van der Waals surface area contributed by atoms with Gasteiger partial charge in [-0.05, 0) is 60.0 Å². The number of carbonyl (C=O) groups excluding carboxylic acids is 1. The molecule has 0 fully saturated rings. The van der Waals surface area contributed by atoms with Crippen LogP contribution in [0.5, 0.6) is 0 Å². The molecule has 0 unspecified atom stereocenters. The van der Waals surface area contributed by atoms with E-state index in [1.165, 1.54) is 0 Å². The highest BCUT2D eigenvalue weighted by Gasteiger charge is 2.08. The van der Waals surface area contributed by atoms with Crippen molar-refractivity contribution in [1.82, 2.24) is 4.98 Å². The van der Waals surface area contributed by atoms with E-state index < -0.39 is 0 Å². The van der Waals surface area contributed by atoms with E-state index in [0.29, 0.717) is 10.0 Å². The molecule has 0 bridgehead atoms. The Balaban J connectivity index is 1.67. The summed E-state index contributed by atoms with van der Waals surface area (Å²) in [4.78, 5) is 16.4. The molecule has 0 aliphatic rings. The van der Waals surface area contributed by atoms with Gasteiger partial charge in [0.1, 0.15) is 0 Å². The Labute approximate surface area is 156 Å². The number of pyridine rings is 1. The highest BCUT2D eigenvalue weighted by atomic mass is 35.5. The first-order valence-electron chi connectivity index (χ1n) is 7.78. The fourth-order valence-electron chi connectivity index (χ4n) is 2.51. The predicted octanol–water partition coefficient (Wildman–Crippen LogP) is 5.55. The van der Waals surface area contributed by atoms with Crippen molar-refractivity contribution in [2.24, 2.45) is 0 Å². The molecule has 1 heterocycles.